The van der Waals surface area contributed by atoms with Gasteiger partial charge in [-0.05, 0) is 42.8 Å². The van der Waals surface area contributed by atoms with Gasteiger partial charge in [0.25, 0.3) is 0 Å². The van der Waals surface area contributed by atoms with Crippen LogP contribution in [-0.2, 0) is 17.8 Å². The minimum absolute atomic E-state index is 0.0256. The molecule has 1 aliphatic heterocycles. The Morgan fingerprint density at radius 3 is 2.63 bits per heavy atom. The van der Waals surface area contributed by atoms with Crippen molar-refractivity contribution in [3.05, 3.63) is 59.7 Å². The summed E-state index contributed by atoms with van der Waals surface area (Å²) in [5.74, 6) is 0.858. The highest BCUT2D eigenvalue weighted by molar-refractivity contribution is 5.90. The molecule has 5 heteroatoms. The molecule has 1 aliphatic rings. The van der Waals surface area contributed by atoms with Crippen molar-refractivity contribution in [2.45, 2.75) is 19.4 Å². The molecule has 1 amide bonds. The van der Waals surface area contributed by atoms with Crippen LogP contribution in [-0.4, -0.2) is 56.0 Å². The molecule has 0 aliphatic carbocycles. The molecule has 0 aromatic heterocycles. The molecule has 27 heavy (non-hydrogen) atoms. The maximum Gasteiger partial charge on any atom is 0.224 e. The number of carbonyl (C=O) groups is 1. The largest absolute Gasteiger partial charge is 0.496 e. The van der Waals surface area contributed by atoms with Gasteiger partial charge < -0.3 is 15.0 Å². The van der Waals surface area contributed by atoms with Gasteiger partial charge in [-0.25, -0.2) is 0 Å². The Balaban J connectivity index is 1.52. The molecule has 0 bridgehead atoms. The van der Waals surface area contributed by atoms with Gasteiger partial charge in [-0.15, -0.1) is 0 Å². The molecule has 0 saturated carbocycles. The van der Waals surface area contributed by atoms with E-state index < -0.39 is 0 Å². The molecule has 2 aromatic carbocycles. The highest BCUT2D eigenvalue weighted by Gasteiger charge is 2.14. The molecule has 5 nitrogen and oxygen atoms in total. The van der Waals surface area contributed by atoms with Crippen molar-refractivity contribution in [3.63, 3.8) is 0 Å². The number of amides is 1. The molecule has 1 fully saturated rings. The van der Waals surface area contributed by atoms with Crippen molar-refractivity contribution >= 4 is 11.6 Å². The van der Waals surface area contributed by atoms with Crippen LogP contribution in [0, 0.1) is 0 Å². The van der Waals surface area contributed by atoms with Crippen molar-refractivity contribution in [2.75, 3.05) is 45.7 Å². The van der Waals surface area contributed by atoms with Crippen molar-refractivity contribution in [1.82, 2.24) is 9.80 Å². The van der Waals surface area contributed by atoms with Gasteiger partial charge in [0, 0.05) is 44.8 Å². The predicted molar refractivity (Wildman–Crippen MR) is 109 cm³/mol. The van der Waals surface area contributed by atoms with Gasteiger partial charge in [0.2, 0.25) is 5.91 Å². The van der Waals surface area contributed by atoms with Crippen LogP contribution in [0.1, 0.15) is 17.5 Å². The van der Waals surface area contributed by atoms with E-state index in [2.05, 4.69) is 34.3 Å². The molecule has 0 spiro atoms. The number of para-hydroxylation sites is 1. The van der Waals surface area contributed by atoms with E-state index in [4.69, 9.17) is 4.74 Å². The average Bonchev–Trinajstić information content (AvgIpc) is 2.69. The van der Waals surface area contributed by atoms with Crippen LogP contribution in [0.4, 0.5) is 5.69 Å². The first-order valence-corrected chi connectivity index (χ1v) is 9.55. The van der Waals surface area contributed by atoms with Crippen LogP contribution in [0.2, 0.25) is 0 Å². The van der Waals surface area contributed by atoms with E-state index in [0.717, 1.165) is 49.7 Å². The number of rotatable bonds is 7. The Bertz CT molecular complexity index is 755. The highest BCUT2D eigenvalue weighted by atomic mass is 16.5. The van der Waals surface area contributed by atoms with Gasteiger partial charge in [0.1, 0.15) is 5.75 Å². The molecule has 3 rings (SSSR count). The second-order valence-electron chi connectivity index (χ2n) is 7.14. The molecule has 2 aromatic rings. The van der Waals surface area contributed by atoms with Crippen molar-refractivity contribution in [3.8, 4) is 5.75 Å². The van der Waals surface area contributed by atoms with Gasteiger partial charge in [0.15, 0.2) is 0 Å². The van der Waals surface area contributed by atoms with Crippen molar-refractivity contribution < 1.29 is 9.53 Å². The van der Waals surface area contributed by atoms with Gasteiger partial charge in [-0.2, -0.15) is 0 Å². The summed E-state index contributed by atoms with van der Waals surface area (Å²) < 4.78 is 5.35. The third-order valence-electron chi connectivity index (χ3n) is 5.03. The van der Waals surface area contributed by atoms with Crippen LogP contribution in [0.3, 0.4) is 0 Å². The fourth-order valence-corrected chi connectivity index (χ4v) is 3.39. The Morgan fingerprint density at radius 2 is 1.85 bits per heavy atom. The lowest BCUT2D eigenvalue weighted by Crippen LogP contribution is -2.43. The number of piperazine rings is 1. The van der Waals surface area contributed by atoms with Gasteiger partial charge in [0.05, 0.1) is 7.11 Å². The number of methoxy groups -OCH3 is 1. The Hall–Kier alpha value is -2.37. The summed E-state index contributed by atoms with van der Waals surface area (Å²) in [5, 5.41) is 3.03. The minimum atomic E-state index is 0.0256. The summed E-state index contributed by atoms with van der Waals surface area (Å²) in [6.07, 6.45) is 1.10. The van der Waals surface area contributed by atoms with Gasteiger partial charge in [-0.1, -0.05) is 30.3 Å². The molecular formula is C22H29N3O2. The molecule has 1 saturated heterocycles. The molecule has 0 unspecified atom stereocenters. The van der Waals surface area contributed by atoms with Crippen molar-refractivity contribution in [2.24, 2.45) is 0 Å². The first-order chi connectivity index (χ1) is 13.1. The summed E-state index contributed by atoms with van der Waals surface area (Å²) in [5.41, 5.74) is 3.16. The number of nitrogens with zero attached hydrogens (tertiary/aromatic N) is 2. The second kappa shape index (κ2) is 9.53. The molecule has 1 N–H and O–H groups in total. The lowest BCUT2D eigenvalue weighted by atomic mass is 10.1. The number of aryl methyl sites for hydroxylation is 1. The van der Waals surface area contributed by atoms with Gasteiger partial charge >= 0.3 is 0 Å². The van der Waals surface area contributed by atoms with Crippen LogP contribution >= 0.6 is 0 Å². The van der Waals surface area contributed by atoms with E-state index in [-0.39, 0.29) is 5.91 Å². The summed E-state index contributed by atoms with van der Waals surface area (Å²) in [6, 6.07) is 16.0. The average molecular weight is 367 g/mol. The quantitative estimate of drug-likeness (QED) is 0.817. The van der Waals surface area contributed by atoms with Crippen LogP contribution in [0.5, 0.6) is 5.75 Å². The lowest BCUT2D eigenvalue weighted by molar-refractivity contribution is -0.116. The number of hydrogen-bond acceptors (Lipinski definition) is 4. The predicted octanol–water partition coefficient (Wildman–Crippen LogP) is 3.01. The summed E-state index contributed by atoms with van der Waals surface area (Å²) in [6.45, 7) is 5.33. The van der Waals surface area contributed by atoms with Crippen LogP contribution in [0.15, 0.2) is 48.5 Å². The van der Waals surface area contributed by atoms with Crippen molar-refractivity contribution in [1.29, 1.82) is 0 Å². The minimum Gasteiger partial charge on any atom is -0.496 e. The third kappa shape index (κ3) is 5.81. The maximum absolute atomic E-state index is 12.4. The van der Waals surface area contributed by atoms with E-state index in [0.29, 0.717) is 12.8 Å². The summed E-state index contributed by atoms with van der Waals surface area (Å²) >= 11 is 0. The zero-order valence-corrected chi connectivity index (χ0v) is 16.3. The Morgan fingerprint density at radius 1 is 1.07 bits per heavy atom. The Kier molecular flexibility index (Phi) is 6.85. The molecule has 1 heterocycles. The molecule has 0 atom stereocenters. The molecule has 144 valence electrons. The first-order valence-electron chi connectivity index (χ1n) is 9.55. The number of hydrogen-bond donors (Lipinski definition) is 1. The normalized spacial score (nSPS) is 15.5. The molecular weight excluding hydrogens is 338 g/mol. The standard InChI is InChI=1S/C22H29N3O2/c1-24-12-14-25(15-13-24)17-18-6-5-8-20(16-18)23-22(26)11-10-19-7-3-4-9-21(19)27-2/h3-9,16H,10-15,17H2,1-2H3,(H,23,26). The third-order valence-corrected chi connectivity index (χ3v) is 5.03. The second-order valence-corrected chi connectivity index (χ2v) is 7.14. The van der Waals surface area contributed by atoms with E-state index in [1.54, 1.807) is 7.11 Å². The van der Waals surface area contributed by atoms with E-state index >= 15 is 0 Å². The number of benzene rings is 2. The lowest BCUT2D eigenvalue weighted by Gasteiger charge is -2.32. The number of carbonyl (C=O) groups excluding carboxylic acids is 1. The monoisotopic (exact) mass is 367 g/mol. The maximum atomic E-state index is 12.4. The molecule has 0 radical (unpaired) electrons. The van der Waals surface area contributed by atoms with Crippen LogP contribution in [0.25, 0.3) is 0 Å². The fraction of sp³-hybridized carbons (Fsp3) is 0.409. The summed E-state index contributed by atoms with van der Waals surface area (Å²) in [7, 11) is 3.82. The summed E-state index contributed by atoms with van der Waals surface area (Å²) in [4.78, 5) is 17.2. The number of ether oxygens (including phenoxy) is 1. The van der Waals surface area contributed by atoms with E-state index in [1.165, 1.54) is 5.56 Å². The number of likely N-dealkylation sites (N-methyl/N-ethyl adjacent to an activating group) is 1. The fourth-order valence-electron chi connectivity index (χ4n) is 3.39. The number of anilines is 1. The van der Waals surface area contributed by atoms with E-state index in [1.807, 2.05) is 36.4 Å². The van der Waals surface area contributed by atoms with Crippen LogP contribution < -0.4 is 10.1 Å². The number of nitrogens with one attached hydrogen (secondary N) is 1. The zero-order chi connectivity index (χ0) is 19.1. The topological polar surface area (TPSA) is 44.8 Å². The Labute approximate surface area is 161 Å². The smallest absolute Gasteiger partial charge is 0.224 e. The van der Waals surface area contributed by atoms with E-state index in [9.17, 15) is 4.79 Å². The SMILES string of the molecule is COc1ccccc1CCC(=O)Nc1cccc(CN2CCN(C)CC2)c1. The first kappa shape index (κ1) is 19.4. The highest BCUT2D eigenvalue weighted by Crippen LogP contribution is 2.19. The zero-order valence-electron chi connectivity index (χ0n) is 16.3. The van der Waals surface area contributed by atoms with Gasteiger partial charge in [-0.3, -0.25) is 9.69 Å².